The zero-order valence-electron chi connectivity index (χ0n) is 11.5. The molecule has 1 atom stereocenters. The Labute approximate surface area is 129 Å². The molecule has 0 aliphatic carbocycles. The van der Waals surface area contributed by atoms with Gasteiger partial charge in [0.05, 0.1) is 7.11 Å². The van der Waals surface area contributed by atoms with Crippen molar-refractivity contribution in [1.29, 1.82) is 0 Å². The summed E-state index contributed by atoms with van der Waals surface area (Å²) in [5.41, 5.74) is 2.19. The molecule has 0 aliphatic heterocycles. The molecule has 2 aromatic rings. The monoisotopic (exact) mass is 309 g/mol. The van der Waals surface area contributed by atoms with Crippen LogP contribution in [-0.2, 0) is 6.54 Å². The van der Waals surface area contributed by atoms with Crippen LogP contribution >= 0.6 is 23.2 Å². The predicted molar refractivity (Wildman–Crippen MR) is 84.7 cm³/mol. The van der Waals surface area contributed by atoms with Crippen LogP contribution in [0.2, 0.25) is 10.0 Å². The number of ether oxygens (including phenoxy) is 1. The number of para-hydroxylation sites is 1. The third-order valence-corrected chi connectivity index (χ3v) is 3.58. The summed E-state index contributed by atoms with van der Waals surface area (Å²) in [4.78, 5) is 0. The van der Waals surface area contributed by atoms with Crippen molar-refractivity contribution < 1.29 is 4.74 Å². The Hall–Kier alpha value is -1.22. The Morgan fingerprint density at radius 1 is 1.10 bits per heavy atom. The maximum atomic E-state index is 6.00. The number of rotatable bonds is 5. The van der Waals surface area contributed by atoms with Crippen molar-refractivity contribution in [2.45, 2.75) is 19.5 Å². The highest BCUT2D eigenvalue weighted by atomic mass is 35.5. The van der Waals surface area contributed by atoms with Gasteiger partial charge in [0.25, 0.3) is 0 Å². The van der Waals surface area contributed by atoms with Crippen LogP contribution in [-0.4, -0.2) is 7.11 Å². The van der Waals surface area contributed by atoms with E-state index in [1.165, 1.54) is 0 Å². The molecular formula is C16H17Cl2NO. The van der Waals surface area contributed by atoms with Crippen molar-refractivity contribution in [3.8, 4) is 5.75 Å². The van der Waals surface area contributed by atoms with Gasteiger partial charge in [-0.05, 0) is 36.8 Å². The van der Waals surface area contributed by atoms with Gasteiger partial charge in [-0.25, -0.2) is 0 Å². The second kappa shape index (κ2) is 6.98. The van der Waals surface area contributed by atoms with Crippen LogP contribution < -0.4 is 10.1 Å². The molecular weight excluding hydrogens is 293 g/mol. The summed E-state index contributed by atoms with van der Waals surface area (Å²) in [6.45, 7) is 2.80. The van der Waals surface area contributed by atoms with Crippen molar-refractivity contribution in [2.75, 3.05) is 7.11 Å². The summed E-state index contributed by atoms with van der Waals surface area (Å²) in [7, 11) is 1.68. The minimum absolute atomic E-state index is 0.170. The molecule has 2 rings (SSSR count). The summed E-state index contributed by atoms with van der Waals surface area (Å²) in [5.74, 6) is 0.886. The topological polar surface area (TPSA) is 21.3 Å². The maximum Gasteiger partial charge on any atom is 0.123 e. The Morgan fingerprint density at radius 3 is 2.40 bits per heavy atom. The van der Waals surface area contributed by atoms with Gasteiger partial charge in [0.2, 0.25) is 0 Å². The molecule has 0 aromatic heterocycles. The number of hydrogen-bond acceptors (Lipinski definition) is 2. The molecule has 106 valence electrons. The van der Waals surface area contributed by atoms with E-state index in [9.17, 15) is 0 Å². The third kappa shape index (κ3) is 3.89. The van der Waals surface area contributed by atoms with E-state index >= 15 is 0 Å². The van der Waals surface area contributed by atoms with E-state index < -0.39 is 0 Å². The smallest absolute Gasteiger partial charge is 0.123 e. The summed E-state index contributed by atoms with van der Waals surface area (Å²) in [5, 5.41) is 4.75. The van der Waals surface area contributed by atoms with Crippen molar-refractivity contribution in [1.82, 2.24) is 5.32 Å². The number of benzene rings is 2. The number of halogens is 2. The zero-order chi connectivity index (χ0) is 14.5. The van der Waals surface area contributed by atoms with Crippen molar-refractivity contribution in [3.05, 3.63) is 63.6 Å². The second-order valence-corrected chi connectivity index (χ2v) is 5.50. The fraction of sp³-hybridized carbons (Fsp3) is 0.250. The second-order valence-electron chi connectivity index (χ2n) is 4.62. The quantitative estimate of drug-likeness (QED) is 0.852. The van der Waals surface area contributed by atoms with Crippen LogP contribution in [0.1, 0.15) is 24.1 Å². The Morgan fingerprint density at radius 2 is 1.75 bits per heavy atom. The van der Waals surface area contributed by atoms with Gasteiger partial charge >= 0.3 is 0 Å². The van der Waals surface area contributed by atoms with Gasteiger partial charge < -0.3 is 10.1 Å². The van der Waals surface area contributed by atoms with E-state index in [0.717, 1.165) is 16.9 Å². The molecule has 0 saturated carbocycles. The minimum atomic E-state index is 0.170. The molecule has 0 radical (unpaired) electrons. The average molecular weight is 310 g/mol. The lowest BCUT2D eigenvalue weighted by atomic mass is 10.1. The molecule has 0 heterocycles. The standard InChI is InChI=1S/C16H17Cl2NO/c1-11(15-5-3-4-6-16(15)20-2)19-10-12-7-13(17)9-14(18)8-12/h3-9,11,19H,10H2,1-2H3/t11-/m0/s1. The van der Waals surface area contributed by atoms with Gasteiger partial charge in [-0.1, -0.05) is 41.4 Å². The molecule has 2 nitrogen and oxygen atoms in total. The van der Waals surface area contributed by atoms with E-state index in [4.69, 9.17) is 27.9 Å². The molecule has 0 unspecified atom stereocenters. The molecule has 0 aliphatic rings. The molecule has 0 spiro atoms. The van der Waals surface area contributed by atoms with E-state index in [0.29, 0.717) is 16.6 Å². The molecule has 2 aromatic carbocycles. The lowest BCUT2D eigenvalue weighted by Gasteiger charge is -2.17. The molecule has 0 amide bonds. The van der Waals surface area contributed by atoms with E-state index in [1.54, 1.807) is 13.2 Å². The fourth-order valence-electron chi connectivity index (χ4n) is 2.12. The lowest BCUT2D eigenvalue weighted by Crippen LogP contribution is -2.18. The number of hydrogen-bond donors (Lipinski definition) is 1. The predicted octanol–water partition coefficient (Wildman–Crippen LogP) is 4.85. The van der Waals surface area contributed by atoms with Gasteiger partial charge in [-0.3, -0.25) is 0 Å². The normalized spacial score (nSPS) is 12.2. The Balaban J connectivity index is 2.06. The SMILES string of the molecule is COc1ccccc1[C@H](C)NCc1cc(Cl)cc(Cl)c1. The molecule has 1 N–H and O–H groups in total. The summed E-state index contributed by atoms with van der Waals surface area (Å²) in [6, 6.07) is 13.7. The molecule has 4 heteroatoms. The van der Waals surface area contributed by atoms with Crippen molar-refractivity contribution in [2.24, 2.45) is 0 Å². The minimum Gasteiger partial charge on any atom is -0.496 e. The van der Waals surface area contributed by atoms with Gasteiger partial charge in [0.15, 0.2) is 0 Å². The van der Waals surface area contributed by atoms with Gasteiger partial charge in [0, 0.05) is 28.2 Å². The highest BCUT2D eigenvalue weighted by Gasteiger charge is 2.10. The molecule has 20 heavy (non-hydrogen) atoms. The van der Waals surface area contributed by atoms with Crippen LogP contribution in [0.15, 0.2) is 42.5 Å². The van der Waals surface area contributed by atoms with Crippen LogP contribution in [0.25, 0.3) is 0 Å². The average Bonchev–Trinajstić information content (AvgIpc) is 2.43. The number of methoxy groups -OCH3 is 1. The maximum absolute atomic E-state index is 6.00. The lowest BCUT2D eigenvalue weighted by molar-refractivity contribution is 0.401. The van der Waals surface area contributed by atoms with Crippen molar-refractivity contribution in [3.63, 3.8) is 0 Å². The van der Waals surface area contributed by atoms with Crippen LogP contribution in [0.5, 0.6) is 5.75 Å². The van der Waals surface area contributed by atoms with Crippen LogP contribution in [0.3, 0.4) is 0 Å². The highest BCUT2D eigenvalue weighted by molar-refractivity contribution is 6.34. The molecule has 0 saturated heterocycles. The van der Waals surface area contributed by atoms with Gasteiger partial charge in [-0.15, -0.1) is 0 Å². The van der Waals surface area contributed by atoms with E-state index in [2.05, 4.69) is 18.3 Å². The van der Waals surface area contributed by atoms with Gasteiger partial charge in [-0.2, -0.15) is 0 Å². The third-order valence-electron chi connectivity index (χ3n) is 3.14. The zero-order valence-corrected chi connectivity index (χ0v) is 13.0. The molecule has 0 bridgehead atoms. The Bertz CT molecular complexity index is 566. The van der Waals surface area contributed by atoms with Gasteiger partial charge in [0.1, 0.15) is 5.75 Å². The first-order valence-electron chi connectivity index (χ1n) is 6.41. The van der Waals surface area contributed by atoms with Crippen molar-refractivity contribution >= 4 is 23.2 Å². The van der Waals surface area contributed by atoms with Crippen LogP contribution in [0, 0.1) is 0 Å². The first-order valence-corrected chi connectivity index (χ1v) is 7.17. The summed E-state index contributed by atoms with van der Waals surface area (Å²) < 4.78 is 5.37. The van der Waals surface area contributed by atoms with Crippen LogP contribution in [0.4, 0.5) is 0 Å². The molecule has 0 fully saturated rings. The largest absolute Gasteiger partial charge is 0.496 e. The first-order chi connectivity index (χ1) is 9.60. The highest BCUT2D eigenvalue weighted by Crippen LogP contribution is 2.25. The first kappa shape index (κ1) is 15.2. The van der Waals surface area contributed by atoms with E-state index in [1.807, 2.05) is 30.3 Å². The van der Waals surface area contributed by atoms with E-state index in [-0.39, 0.29) is 6.04 Å². The summed E-state index contributed by atoms with van der Waals surface area (Å²) in [6.07, 6.45) is 0. The number of nitrogens with one attached hydrogen (secondary N) is 1. The summed E-state index contributed by atoms with van der Waals surface area (Å²) >= 11 is 12.0. The fourth-order valence-corrected chi connectivity index (χ4v) is 2.69. The Kier molecular flexibility index (Phi) is 5.30.